The number of nitro groups is 1. The third-order valence-electron chi connectivity index (χ3n) is 2.19. The van der Waals surface area contributed by atoms with Gasteiger partial charge in [0.05, 0.1) is 23.7 Å². The first-order valence-electron chi connectivity index (χ1n) is 5.71. The molecule has 1 aromatic rings. The Morgan fingerprint density at radius 1 is 1.30 bits per heavy atom. The van der Waals surface area contributed by atoms with Gasteiger partial charge in [-0.25, -0.2) is 14.6 Å². The molecule has 20 heavy (non-hydrogen) atoms. The summed E-state index contributed by atoms with van der Waals surface area (Å²) in [5.41, 5.74) is 4.04. The summed E-state index contributed by atoms with van der Waals surface area (Å²) in [5, 5.41) is 10.8. The summed E-state index contributed by atoms with van der Waals surface area (Å²) in [6, 6.07) is 0.854. The third-order valence-corrected chi connectivity index (χ3v) is 2.19. The lowest BCUT2D eigenvalue weighted by atomic mass is 10.1. The van der Waals surface area contributed by atoms with Crippen molar-refractivity contribution in [2.24, 2.45) is 0 Å². The van der Waals surface area contributed by atoms with Crippen molar-refractivity contribution < 1.29 is 24.0 Å². The fraction of sp³-hybridized carbons (Fsp3) is 0.364. The lowest BCUT2D eigenvalue weighted by molar-refractivity contribution is -0.384. The van der Waals surface area contributed by atoms with Crippen LogP contribution in [0.3, 0.4) is 0 Å². The van der Waals surface area contributed by atoms with Crippen LogP contribution in [0.4, 0.5) is 11.5 Å². The molecule has 0 aliphatic heterocycles. The number of hydrogen-bond donors (Lipinski definition) is 1. The van der Waals surface area contributed by atoms with Crippen molar-refractivity contribution in [1.82, 2.24) is 4.98 Å². The number of hydrogen-bond acceptors (Lipinski definition) is 8. The summed E-state index contributed by atoms with van der Waals surface area (Å²) >= 11 is 0. The minimum atomic E-state index is -0.911. The van der Waals surface area contributed by atoms with E-state index >= 15 is 0 Å². The van der Waals surface area contributed by atoms with Gasteiger partial charge in [0.1, 0.15) is 0 Å². The van der Waals surface area contributed by atoms with Crippen molar-refractivity contribution in [3.05, 3.63) is 27.4 Å². The van der Waals surface area contributed by atoms with Gasteiger partial charge in [-0.1, -0.05) is 0 Å². The molecule has 0 saturated carbocycles. The van der Waals surface area contributed by atoms with Gasteiger partial charge in [0.2, 0.25) is 5.82 Å². The van der Waals surface area contributed by atoms with Crippen LogP contribution in [-0.2, 0) is 9.47 Å². The predicted octanol–water partition coefficient (Wildman–Crippen LogP) is 0.925. The van der Waals surface area contributed by atoms with Gasteiger partial charge >= 0.3 is 17.6 Å². The Bertz CT molecular complexity index is 557. The molecule has 0 aliphatic rings. The molecule has 2 N–H and O–H groups in total. The highest BCUT2D eigenvalue weighted by Gasteiger charge is 2.27. The summed E-state index contributed by atoms with van der Waals surface area (Å²) in [7, 11) is 0. The van der Waals surface area contributed by atoms with E-state index in [9.17, 15) is 19.7 Å². The van der Waals surface area contributed by atoms with Gasteiger partial charge < -0.3 is 15.2 Å². The second-order valence-electron chi connectivity index (χ2n) is 3.49. The van der Waals surface area contributed by atoms with E-state index < -0.39 is 34.1 Å². The number of nitrogen functional groups attached to an aromatic ring is 1. The van der Waals surface area contributed by atoms with E-state index in [2.05, 4.69) is 4.98 Å². The molecular formula is C11H13N3O6. The summed E-state index contributed by atoms with van der Waals surface area (Å²) < 4.78 is 9.44. The van der Waals surface area contributed by atoms with Gasteiger partial charge in [-0.2, -0.15) is 0 Å². The van der Waals surface area contributed by atoms with Gasteiger partial charge in [-0.15, -0.1) is 0 Å². The lowest BCUT2D eigenvalue weighted by Gasteiger charge is -2.08. The van der Waals surface area contributed by atoms with Crippen LogP contribution >= 0.6 is 0 Å². The standard InChI is InChI=1S/C11H13N3O6/c1-3-19-10(15)6-5-7(14(17)18)9(12)13-8(6)11(16)20-4-2/h5H,3-4H2,1-2H3,(H2,12,13). The Morgan fingerprint density at radius 2 is 1.85 bits per heavy atom. The fourth-order valence-corrected chi connectivity index (χ4v) is 1.38. The minimum absolute atomic E-state index is 0.0409. The van der Waals surface area contributed by atoms with Crippen LogP contribution in [0.15, 0.2) is 6.07 Å². The average molecular weight is 283 g/mol. The highest BCUT2D eigenvalue weighted by atomic mass is 16.6. The normalized spacial score (nSPS) is 9.90. The molecule has 0 amide bonds. The number of nitrogens with two attached hydrogens (primary N) is 1. The molecule has 1 heterocycles. The number of ether oxygens (including phenoxy) is 2. The van der Waals surface area contributed by atoms with E-state index in [1.165, 1.54) is 0 Å². The first kappa shape index (κ1) is 15.3. The molecular weight excluding hydrogens is 270 g/mol. The van der Waals surface area contributed by atoms with Gasteiger partial charge in [0, 0.05) is 6.07 Å². The molecule has 1 rings (SSSR count). The fourth-order valence-electron chi connectivity index (χ4n) is 1.38. The molecule has 0 unspecified atom stereocenters. The van der Waals surface area contributed by atoms with Crippen LogP contribution in [-0.4, -0.2) is 35.1 Å². The molecule has 0 fully saturated rings. The molecule has 108 valence electrons. The number of carbonyl (C=O) groups excluding carboxylic acids is 2. The van der Waals surface area contributed by atoms with Gasteiger partial charge in [0.25, 0.3) is 0 Å². The van der Waals surface area contributed by atoms with Gasteiger partial charge in [-0.05, 0) is 13.8 Å². The van der Waals surface area contributed by atoms with E-state index in [0.29, 0.717) is 0 Å². The second-order valence-corrected chi connectivity index (χ2v) is 3.49. The largest absolute Gasteiger partial charge is 0.462 e. The Morgan fingerprint density at radius 3 is 2.35 bits per heavy atom. The Hall–Kier alpha value is -2.71. The number of esters is 2. The van der Waals surface area contributed by atoms with Crippen molar-refractivity contribution in [2.75, 3.05) is 18.9 Å². The first-order valence-corrected chi connectivity index (χ1v) is 5.71. The molecule has 0 saturated heterocycles. The molecule has 0 aromatic carbocycles. The van der Waals surface area contributed by atoms with Crippen LogP contribution in [0.5, 0.6) is 0 Å². The van der Waals surface area contributed by atoms with Crippen molar-refractivity contribution in [1.29, 1.82) is 0 Å². The van der Waals surface area contributed by atoms with Crippen LogP contribution in [0.25, 0.3) is 0 Å². The Labute approximate surface area is 113 Å². The number of aromatic nitrogens is 1. The molecule has 0 atom stereocenters. The van der Waals surface area contributed by atoms with E-state index in [1.54, 1.807) is 13.8 Å². The average Bonchev–Trinajstić information content (AvgIpc) is 2.38. The predicted molar refractivity (Wildman–Crippen MR) is 67.2 cm³/mol. The number of rotatable bonds is 5. The van der Waals surface area contributed by atoms with Crippen LogP contribution < -0.4 is 5.73 Å². The highest BCUT2D eigenvalue weighted by molar-refractivity contribution is 6.02. The SMILES string of the molecule is CCOC(=O)c1cc([N+](=O)[O-])c(N)nc1C(=O)OCC. The molecule has 9 nitrogen and oxygen atoms in total. The Kier molecular flexibility index (Phi) is 4.95. The summed E-state index contributed by atoms with van der Waals surface area (Å²) in [6.07, 6.45) is 0. The zero-order chi connectivity index (χ0) is 15.3. The third kappa shape index (κ3) is 3.19. The molecule has 9 heteroatoms. The van der Waals surface area contributed by atoms with Crippen molar-refractivity contribution in [2.45, 2.75) is 13.8 Å². The summed E-state index contributed by atoms with van der Waals surface area (Å²) in [6.45, 7) is 3.22. The number of anilines is 1. The van der Waals surface area contributed by atoms with Gasteiger partial charge in [-0.3, -0.25) is 10.1 Å². The Balaban J connectivity index is 3.40. The maximum atomic E-state index is 11.7. The monoisotopic (exact) mass is 283 g/mol. The van der Waals surface area contributed by atoms with E-state index in [4.69, 9.17) is 15.2 Å². The number of nitrogens with zero attached hydrogens (tertiary/aromatic N) is 2. The molecule has 0 aliphatic carbocycles. The minimum Gasteiger partial charge on any atom is -0.462 e. The molecule has 0 spiro atoms. The van der Waals surface area contributed by atoms with Crippen molar-refractivity contribution in [3.8, 4) is 0 Å². The van der Waals surface area contributed by atoms with E-state index in [1.807, 2.05) is 0 Å². The van der Waals surface area contributed by atoms with Gasteiger partial charge in [0.15, 0.2) is 5.69 Å². The zero-order valence-corrected chi connectivity index (χ0v) is 10.9. The van der Waals surface area contributed by atoms with E-state index in [0.717, 1.165) is 6.07 Å². The maximum absolute atomic E-state index is 11.7. The van der Waals surface area contributed by atoms with Crippen LogP contribution in [0, 0.1) is 10.1 Å². The summed E-state index contributed by atoms with van der Waals surface area (Å²) in [4.78, 5) is 37.0. The second kappa shape index (κ2) is 6.45. The number of carbonyl (C=O) groups is 2. The zero-order valence-electron chi connectivity index (χ0n) is 10.9. The molecule has 0 bridgehead atoms. The molecule has 1 aromatic heterocycles. The number of pyridine rings is 1. The van der Waals surface area contributed by atoms with E-state index in [-0.39, 0.29) is 18.8 Å². The smallest absolute Gasteiger partial charge is 0.357 e. The van der Waals surface area contributed by atoms with Crippen molar-refractivity contribution in [3.63, 3.8) is 0 Å². The molecule has 0 radical (unpaired) electrons. The topological polar surface area (TPSA) is 135 Å². The lowest BCUT2D eigenvalue weighted by Crippen LogP contribution is -2.18. The maximum Gasteiger partial charge on any atom is 0.357 e. The quantitative estimate of drug-likeness (QED) is 0.479. The van der Waals surface area contributed by atoms with Crippen molar-refractivity contribution >= 4 is 23.4 Å². The first-order chi connectivity index (χ1) is 9.42. The van der Waals surface area contributed by atoms with Crippen LogP contribution in [0.2, 0.25) is 0 Å². The summed E-state index contributed by atoms with van der Waals surface area (Å²) in [5.74, 6) is -2.30. The van der Waals surface area contributed by atoms with Crippen LogP contribution in [0.1, 0.15) is 34.7 Å². The highest BCUT2D eigenvalue weighted by Crippen LogP contribution is 2.23.